The monoisotopic (exact) mass is 476 g/mol. The summed E-state index contributed by atoms with van der Waals surface area (Å²) in [5, 5.41) is 11.9. The molecular formula is C28H32N2O5. The normalized spacial score (nSPS) is 18.6. The summed E-state index contributed by atoms with van der Waals surface area (Å²) in [5.74, 6) is -1.33. The summed E-state index contributed by atoms with van der Waals surface area (Å²) < 4.78 is 5.64. The number of nitrogens with zero attached hydrogens (tertiary/aromatic N) is 1. The van der Waals surface area contributed by atoms with Crippen molar-refractivity contribution in [2.75, 3.05) is 13.2 Å². The molecule has 0 bridgehead atoms. The lowest BCUT2D eigenvalue weighted by atomic mass is 9.89. The maximum Gasteiger partial charge on any atom is 0.407 e. The Morgan fingerprint density at radius 2 is 1.69 bits per heavy atom. The maximum atomic E-state index is 13.1. The van der Waals surface area contributed by atoms with Gasteiger partial charge in [0.25, 0.3) is 0 Å². The van der Waals surface area contributed by atoms with Crippen molar-refractivity contribution in [2.45, 2.75) is 51.1 Å². The average Bonchev–Trinajstić information content (AvgIpc) is 3.16. The van der Waals surface area contributed by atoms with Gasteiger partial charge in [-0.05, 0) is 48.9 Å². The Hall–Kier alpha value is -3.61. The molecule has 0 aliphatic heterocycles. The number of aliphatic carboxylic acids is 1. The summed E-state index contributed by atoms with van der Waals surface area (Å²) in [6.07, 6.45) is 4.21. The quantitative estimate of drug-likeness (QED) is 0.544. The molecule has 0 aromatic heterocycles. The molecule has 2 amide bonds. The van der Waals surface area contributed by atoms with E-state index >= 15 is 0 Å². The summed E-state index contributed by atoms with van der Waals surface area (Å²) in [6.45, 7) is 4.17. The lowest BCUT2D eigenvalue weighted by Crippen LogP contribution is -2.45. The van der Waals surface area contributed by atoms with E-state index in [2.05, 4.69) is 29.6 Å². The Bertz CT molecular complexity index is 1080. The van der Waals surface area contributed by atoms with Crippen LogP contribution in [0.5, 0.6) is 0 Å². The van der Waals surface area contributed by atoms with Crippen LogP contribution in [0.4, 0.5) is 4.79 Å². The number of carboxylic acids is 1. The number of amides is 2. The molecule has 2 atom stereocenters. The second kappa shape index (κ2) is 10.8. The fourth-order valence-electron chi connectivity index (χ4n) is 5.06. The zero-order valence-corrected chi connectivity index (χ0v) is 20.1. The number of hydrogen-bond acceptors (Lipinski definition) is 4. The molecule has 0 radical (unpaired) electrons. The molecule has 2 N–H and O–H groups in total. The number of alkyl carbamates (subject to hydrolysis) is 1. The molecule has 2 aliphatic carbocycles. The molecule has 2 unspecified atom stereocenters. The van der Waals surface area contributed by atoms with Gasteiger partial charge in [0.1, 0.15) is 6.61 Å². The van der Waals surface area contributed by atoms with Gasteiger partial charge in [0.05, 0.1) is 12.5 Å². The van der Waals surface area contributed by atoms with Crippen LogP contribution in [0.1, 0.15) is 50.2 Å². The van der Waals surface area contributed by atoms with Gasteiger partial charge in [-0.3, -0.25) is 9.59 Å². The molecule has 184 valence electrons. The zero-order valence-electron chi connectivity index (χ0n) is 20.1. The molecule has 0 saturated heterocycles. The van der Waals surface area contributed by atoms with Crippen LogP contribution >= 0.6 is 0 Å². The number of carbonyl (C=O) groups is 3. The molecule has 7 heteroatoms. The van der Waals surface area contributed by atoms with Gasteiger partial charge in [0.15, 0.2) is 0 Å². The van der Waals surface area contributed by atoms with Crippen LogP contribution < -0.4 is 5.32 Å². The van der Waals surface area contributed by atoms with Crippen LogP contribution in [0.2, 0.25) is 0 Å². The van der Waals surface area contributed by atoms with Crippen molar-refractivity contribution in [2.24, 2.45) is 5.92 Å². The minimum absolute atomic E-state index is 0.0155. The molecule has 0 spiro atoms. The first kappa shape index (κ1) is 24.5. The standard InChI is InChI=1S/C28H32N2O5/c1-18(2)30(15-14-26(31)32)27(33)19-8-7-9-20(16-19)29-28(34)35-17-25-23-12-5-3-10-21(23)22-11-4-6-13-24(22)25/h3-7,9-13,18-20,25H,8,14-17H2,1-2H3,(H,29,34)(H,31,32). The highest BCUT2D eigenvalue weighted by Crippen LogP contribution is 2.44. The molecule has 7 nitrogen and oxygen atoms in total. The fourth-order valence-corrected chi connectivity index (χ4v) is 5.06. The van der Waals surface area contributed by atoms with E-state index in [4.69, 9.17) is 9.84 Å². The Morgan fingerprint density at radius 3 is 2.29 bits per heavy atom. The Balaban J connectivity index is 1.34. The number of ether oxygens (including phenoxy) is 1. The molecule has 35 heavy (non-hydrogen) atoms. The van der Waals surface area contributed by atoms with Gasteiger partial charge in [0, 0.05) is 24.4 Å². The topological polar surface area (TPSA) is 95.9 Å². The van der Waals surface area contributed by atoms with Gasteiger partial charge < -0.3 is 20.1 Å². The summed E-state index contributed by atoms with van der Waals surface area (Å²) >= 11 is 0. The molecule has 2 aromatic rings. The zero-order chi connectivity index (χ0) is 24.9. The number of carboxylic acid groups (broad SMARTS) is 1. The summed E-state index contributed by atoms with van der Waals surface area (Å²) in [5.41, 5.74) is 4.65. The van der Waals surface area contributed by atoms with Crippen molar-refractivity contribution in [1.29, 1.82) is 0 Å². The first-order valence-electron chi connectivity index (χ1n) is 12.2. The van der Waals surface area contributed by atoms with Crippen molar-refractivity contribution in [1.82, 2.24) is 10.2 Å². The van der Waals surface area contributed by atoms with E-state index in [1.165, 1.54) is 11.1 Å². The number of benzene rings is 2. The smallest absolute Gasteiger partial charge is 0.407 e. The molecule has 0 saturated carbocycles. The highest BCUT2D eigenvalue weighted by atomic mass is 16.5. The van der Waals surface area contributed by atoms with E-state index in [0.717, 1.165) is 11.1 Å². The van der Waals surface area contributed by atoms with Crippen molar-refractivity contribution >= 4 is 18.0 Å². The van der Waals surface area contributed by atoms with E-state index in [0.29, 0.717) is 12.8 Å². The van der Waals surface area contributed by atoms with Gasteiger partial charge in [-0.2, -0.15) is 0 Å². The molecule has 0 heterocycles. The third-order valence-electron chi connectivity index (χ3n) is 6.80. The molecule has 2 aromatic carbocycles. The van der Waals surface area contributed by atoms with E-state index in [-0.39, 0.29) is 49.4 Å². The van der Waals surface area contributed by atoms with E-state index in [1.807, 2.05) is 50.3 Å². The second-order valence-corrected chi connectivity index (χ2v) is 9.44. The van der Waals surface area contributed by atoms with Crippen LogP contribution in [-0.4, -0.2) is 53.2 Å². The SMILES string of the molecule is CC(C)N(CCC(=O)O)C(=O)C1CC=CC(NC(=O)OCC2c3ccccc3-c3ccccc32)C1. The van der Waals surface area contributed by atoms with Gasteiger partial charge >= 0.3 is 12.1 Å². The summed E-state index contributed by atoms with van der Waals surface area (Å²) in [4.78, 5) is 38.3. The number of allylic oxidation sites excluding steroid dienone is 1. The maximum absolute atomic E-state index is 13.1. The molecule has 2 aliphatic rings. The number of fused-ring (bicyclic) bond motifs is 3. The number of hydrogen-bond donors (Lipinski definition) is 2. The van der Waals surface area contributed by atoms with Crippen LogP contribution in [0.15, 0.2) is 60.7 Å². The number of carbonyl (C=O) groups excluding carboxylic acids is 2. The number of rotatable bonds is 8. The van der Waals surface area contributed by atoms with Crippen LogP contribution in [0, 0.1) is 5.92 Å². The minimum atomic E-state index is -0.929. The van der Waals surface area contributed by atoms with E-state index in [1.54, 1.807) is 4.90 Å². The highest BCUT2D eigenvalue weighted by molar-refractivity contribution is 5.81. The van der Waals surface area contributed by atoms with Crippen LogP contribution in [-0.2, 0) is 14.3 Å². The van der Waals surface area contributed by atoms with Gasteiger partial charge in [-0.1, -0.05) is 60.7 Å². The van der Waals surface area contributed by atoms with Gasteiger partial charge in [-0.15, -0.1) is 0 Å². The summed E-state index contributed by atoms with van der Waals surface area (Å²) in [6, 6.07) is 15.9. The van der Waals surface area contributed by atoms with Crippen molar-refractivity contribution in [3.63, 3.8) is 0 Å². The molecular weight excluding hydrogens is 444 g/mol. The highest BCUT2D eigenvalue weighted by Gasteiger charge is 2.32. The second-order valence-electron chi connectivity index (χ2n) is 9.44. The van der Waals surface area contributed by atoms with Gasteiger partial charge in [0.2, 0.25) is 5.91 Å². The van der Waals surface area contributed by atoms with Crippen molar-refractivity contribution < 1.29 is 24.2 Å². The van der Waals surface area contributed by atoms with Crippen LogP contribution in [0.25, 0.3) is 11.1 Å². The largest absolute Gasteiger partial charge is 0.481 e. The van der Waals surface area contributed by atoms with E-state index in [9.17, 15) is 14.4 Å². The van der Waals surface area contributed by atoms with Crippen molar-refractivity contribution in [3.8, 4) is 11.1 Å². The van der Waals surface area contributed by atoms with E-state index < -0.39 is 12.1 Å². The predicted molar refractivity (Wildman–Crippen MR) is 133 cm³/mol. The Morgan fingerprint density at radius 1 is 1.06 bits per heavy atom. The molecule has 4 rings (SSSR count). The fraction of sp³-hybridized carbons (Fsp3) is 0.393. The lowest BCUT2D eigenvalue weighted by Gasteiger charge is -2.32. The lowest BCUT2D eigenvalue weighted by molar-refractivity contribution is -0.141. The third kappa shape index (κ3) is 5.56. The first-order valence-corrected chi connectivity index (χ1v) is 12.2. The van der Waals surface area contributed by atoms with Crippen molar-refractivity contribution in [3.05, 3.63) is 71.8 Å². The molecule has 0 fully saturated rings. The van der Waals surface area contributed by atoms with Gasteiger partial charge in [-0.25, -0.2) is 4.79 Å². The first-order chi connectivity index (χ1) is 16.8. The third-order valence-corrected chi connectivity index (χ3v) is 6.80. The Labute approximate surface area is 205 Å². The summed E-state index contributed by atoms with van der Waals surface area (Å²) in [7, 11) is 0. The average molecular weight is 477 g/mol. The predicted octanol–water partition coefficient (Wildman–Crippen LogP) is 4.57. The minimum Gasteiger partial charge on any atom is -0.481 e. The Kier molecular flexibility index (Phi) is 7.54. The number of nitrogens with one attached hydrogen (secondary N) is 1. The van der Waals surface area contributed by atoms with Crippen LogP contribution in [0.3, 0.4) is 0 Å².